The number of likely N-dealkylation sites (tertiary alicyclic amines) is 1. The molecule has 0 aliphatic carbocycles. The summed E-state index contributed by atoms with van der Waals surface area (Å²) in [5.74, 6) is -1.55. The maximum absolute atomic E-state index is 12.2. The summed E-state index contributed by atoms with van der Waals surface area (Å²) in [4.78, 5) is 36.9. The van der Waals surface area contributed by atoms with Crippen LogP contribution in [0.4, 0.5) is 0 Å². The predicted octanol–water partition coefficient (Wildman–Crippen LogP) is 0.209. The maximum Gasteiger partial charge on any atom is 0.326 e. The topological polar surface area (TPSA) is 113 Å². The summed E-state index contributed by atoms with van der Waals surface area (Å²) in [6.45, 7) is 0.491. The third-order valence-electron chi connectivity index (χ3n) is 3.94. The van der Waals surface area contributed by atoms with Gasteiger partial charge in [-0.15, -0.1) is 0 Å². The fourth-order valence-electron chi connectivity index (χ4n) is 2.75. The zero-order chi connectivity index (χ0) is 16.8. The fourth-order valence-corrected chi connectivity index (χ4v) is 2.75. The van der Waals surface area contributed by atoms with Gasteiger partial charge in [0.2, 0.25) is 5.91 Å². The number of aliphatic carboxylic acids is 1. The second-order valence-electron chi connectivity index (χ2n) is 5.54. The average molecular weight is 319 g/mol. The summed E-state index contributed by atoms with van der Waals surface area (Å²) >= 11 is 0. The van der Waals surface area contributed by atoms with Crippen LogP contribution in [0.15, 0.2) is 30.3 Å². The van der Waals surface area contributed by atoms with E-state index in [-0.39, 0.29) is 37.2 Å². The van der Waals surface area contributed by atoms with Gasteiger partial charge in [-0.1, -0.05) is 18.2 Å². The summed E-state index contributed by atoms with van der Waals surface area (Å²) < 4.78 is 0. The van der Waals surface area contributed by atoms with Crippen LogP contribution in [0.1, 0.15) is 29.6 Å². The van der Waals surface area contributed by atoms with Gasteiger partial charge in [0.15, 0.2) is 0 Å². The lowest BCUT2D eigenvalue weighted by atomic mass is 9.96. The Kier molecular flexibility index (Phi) is 5.70. The number of hydrogen-bond donors (Lipinski definition) is 3. The molecule has 23 heavy (non-hydrogen) atoms. The van der Waals surface area contributed by atoms with E-state index in [1.54, 1.807) is 24.3 Å². The molecule has 1 fully saturated rings. The number of rotatable bonds is 5. The Labute approximate surface area is 134 Å². The molecule has 1 aliphatic rings. The zero-order valence-corrected chi connectivity index (χ0v) is 12.8. The van der Waals surface area contributed by atoms with Crippen molar-refractivity contribution in [3.8, 4) is 0 Å². The van der Waals surface area contributed by atoms with Crippen LogP contribution in [-0.4, -0.2) is 53.0 Å². The molecule has 4 N–H and O–H groups in total. The molecule has 0 saturated carbocycles. The Morgan fingerprint density at radius 3 is 2.57 bits per heavy atom. The molecule has 2 rings (SSSR count). The Morgan fingerprint density at radius 1 is 1.26 bits per heavy atom. The largest absolute Gasteiger partial charge is 0.480 e. The Balaban J connectivity index is 2.00. The van der Waals surface area contributed by atoms with Gasteiger partial charge in [0.25, 0.3) is 5.91 Å². The van der Waals surface area contributed by atoms with E-state index in [1.165, 1.54) is 4.90 Å². The van der Waals surface area contributed by atoms with E-state index in [0.717, 1.165) is 0 Å². The highest BCUT2D eigenvalue weighted by Crippen LogP contribution is 2.19. The normalized spacial score (nSPS) is 20.8. The fraction of sp³-hybridized carbons (Fsp3) is 0.438. The molecule has 0 radical (unpaired) electrons. The van der Waals surface area contributed by atoms with Crippen LogP contribution >= 0.6 is 0 Å². The minimum absolute atomic E-state index is 0.130. The summed E-state index contributed by atoms with van der Waals surface area (Å²) in [5.41, 5.74) is 5.89. The molecule has 7 nitrogen and oxygen atoms in total. The number of hydrogen-bond acceptors (Lipinski definition) is 4. The Bertz CT molecular complexity index is 576. The molecular weight excluding hydrogens is 298 g/mol. The van der Waals surface area contributed by atoms with E-state index in [0.29, 0.717) is 18.5 Å². The number of piperidine rings is 1. The van der Waals surface area contributed by atoms with Crippen LogP contribution in [0.25, 0.3) is 0 Å². The van der Waals surface area contributed by atoms with Crippen molar-refractivity contribution in [1.29, 1.82) is 0 Å². The number of carbonyl (C=O) groups excluding carboxylic acids is 2. The molecule has 124 valence electrons. The van der Waals surface area contributed by atoms with Crippen LogP contribution in [0, 0.1) is 0 Å². The van der Waals surface area contributed by atoms with Crippen LogP contribution in [0.5, 0.6) is 0 Å². The molecule has 0 spiro atoms. The van der Waals surface area contributed by atoms with Crippen molar-refractivity contribution < 1.29 is 19.5 Å². The highest BCUT2D eigenvalue weighted by atomic mass is 16.4. The van der Waals surface area contributed by atoms with Crippen molar-refractivity contribution in [2.45, 2.75) is 31.3 Å². The average Bonchev–Trinajstić information content (AvgIpc) is 2.55. The van der Waals surface area contributed by atoms with E-state index in [4.69, 9.17) is 5.73 Å². The van der Waals surface area contributed by atoms with Crippen molar-refractivity contribution in [2.24, 2.45) is 5.73 Å². The Morgan fingerprint density at radius 2 is 1.96 bits per heavy atom. The Hall–Kier alpha value is -2.41. The molecular formula is C16H21N3O4. The number of nitrogens with two attached hydrogens (primary N) is 1. The zero-order valence-electron chi connectivity index (χ0n) is 12.8. The molecule has 1 aromatic carbocycles. The minimum Gasteiger partial charge on any atom is -0.480 e. The molecule has 1 saturated heterocycles. The second-order valence-corrected chi connectivity index (χ2v) is 5.54. The standard InChI is InChI=1S/C16H21N3O4/c17-8-6-14(20)19-9-7-12(10-13(19)16(22)23)18-15(21)11-4-2-1-3-5-11/h1-5,12-13H,6-10,17H2,(H,18,21)(H,22,23). The quantitative estimate of drug-likeness (QED) is 0.718. The summed E-state index contributed by atoms with van der Waals surface area (Å²) in [7, 11) is 0. The first-order valence-corrected chi connectivity index (χ1v) is 7.61. The van der Waals surface area contributed by atoms with Crippen molar-refractivity contribution in [1.82, 2.24) is 10.2 Å². The van der Waals surface area contributed by atoms with Crippen molar-refractivity contribution in [3.05, 3.63) is 35.9 Å². The maximum atomic E-state index is 12.2. The van der Waals surface area contributed by atoms with Crippen LogP contribution in [-0.2, 0) is 9.59 Å². The molecule has 1 aromatic rings. The number of carboxylic acids is 1. The van der Waals surface area contributed by atoms with E-state index in [9.17, 15) is 19.5 Å². The van der Waals surface area contributed by atoms with E-state index in [1.807, 2.05) is 6.07 Å². The monoisotopic (exact) mass is 319 g/mol. The van der Waals surface area contributed by atoms with Gasteiger partial charge in [-0.25, -0.2) is 4.79 Å². The lowest BCUT2D eigenvalue weighted by molar-refractivity contribution is -0.152. The number of carbonyl (C=O) groups is 3. The van der Waals surface area contributed by atoms with Gasteiger partial charge >= 0.3 is 5.97 Å². The van der Waals surface area contributed by atoms with Crippen molar-refractivity contribution in [2.75, 3.05) is 13.1 Å². The number of nitrogens with one attached hydrogen (secondary N) is 1. The highest BCUT2D eigenvalue weighted by Gasteiger charge is 2.36. The van der Waals surface area contributed by atoms with Crippen LogP contribution < -0.4 is 11.1 Å². The molecule has 1 heterocycles. The van der Waals surface area contributed by atoms with Gasteiger partial charge < -0.3 is 21.1 Å². The van der Waals surface area contributed by atoms with Gasteiger partial charge in [-0.3, -0.25) is 9.59 Å². The first kappa shape index (κ1) is 17.0. The van der Waals surface area contributed by atoms with E-state index in [2.05, 4.69) is 5.32 Å². The highest BCUT2D eigenvalue weighted by molar-refractivity contribution is 5.94. The second kappa shape index (κ2) is 7.73. The number of carboxylic acid groups (broad SMARTS) is 1. The van der Waals surface area contributed by atoms with Gasteiger partial charge in [0.1, 0.15) is 6.04 Å². The van der Waals surface area contributed by atoms with Crippen molar-refractivity contribution >= 4 is 17.8 Å². The molecule has 2 atom stereocenters. The smallest absolute Gasteiger partial charge is 0.326 e. The minimum atomic E-state index is -1.06. The third-order valence-corrected chi connectivity index (χ3v) is 3.94. The van der Waals surface area contributed by atoms with Gasteiger partial charge in [0, 0.05) is 31.1 Å². The molecule has 0 bridgehead atoms. The predicted molar refractivity (Wildman–Crippen MR) is 83.7 cm³/mol. The third kappa shape index (κ3) is 4.29. The summed E-state index contributed by atoms with van der Waals surface area (Å²) in [6, 6.07) is 7.55. The van der Waals surface area contributed by atoms with E-state index < -0.39 is 12.0 Å². The van der Waals surface area contributed by atoms with E-state index >= 15 is 0 Å². The van der Waals surface area contributed by atoms with Gasteiger partial charge in [-0.2, -0.15) is 0 Å². The molecule has 0 aromatic heterocycles. The van der Waals surface area contributed by atoms with Gasteiger partial charge in [0.05, 0.1) is 0 Å². The molecule has 2 unspecified atom stereocenters. The lowest BCUT2D eigenvalue weighted by Gasteiger charge is -2.37. The number of benzene rings is 1. The number of nitrogens with zero attached hydrogens (tertiary/aromatic N) is 1. The van der Waals surface area contributed by atoms with Crippen molar-refractivity contribution in [3.63, 3.8) is 0 Å². The summed E-state index contributed by atoms with van der Waals surface area (Å²) in [5, 5.41) is 12.2. The number of amides is 2. The first-order chi connectivity index (χ1) is 11.0. The first-order valence-electron chi connectivity index (χ1n) is 7.61. The van der Waals surface area contributed by atoms with Gasteiger partial charge in [-0.05, 0) is 25.0 Å². The molecule has 7 heteroatoms. The van der Waals surface area contributed by atoms with Crippen LogP contribution in [0.2, 0.25) is 0 Å². The molecule has 2 amide bonds. The van der Waals surface area contributed by atoms with Crippen LogP contribution in [0.3, 0.4) is 0 Å². The lowest BCUT2D eigenvalue weighted by Crippen LogP contribution is -2.55. The molecule has 1 aliphatic heterocycles. The SMILES string of the molecule is NCCC(=O)N1CCC(NC(=O)c2ccccc2)CC1C(=O)O. The summed E-state index contributed by atoms with van der Waals surface area (Å²) in [6.07, 6.45) is 0.855.